The van der Waals surface area contributed by atoms with Crippen molar-refractivity contribution < 1.29 is 0 Å². The summed E-state index contributed by atoms with van der Waals surface area (Å²) in [5.41, 5.74) is 0.975. The van der Waals surface area contributed by atoms with Gasteiger partial charge in [-0.25, -0.2) is 5.10 Å². The zero-order valence-electron chi connectivity index (χ0n) is 6.77. The molecule has 0 saturated carbocycles. The van der Waals surface area contributed by atoms with E-state index in [2.05, 4.69) is 15.2 Å². The van der Waals surface area contributed by atoms with Crippen LogP contribution in [0.15, 0.2) is 41.5 Å². The zero-order chi connectivity index (χ0) is 9.10. The van der Waals surface area contributed by atoms with Gasteiger partial charge in [0, 0.05) is 12.4 Å². The third kappa shape index (κ3) is 1.46. The van der Waals surface area contributed by atoms with Crippen LogP contribution in [0.25, 0.3) is 11.3 Å². The van der Waals surface area contributed by atoms with Crippen LogP contribution in [0.2, 0.25) is 0 Å². The average molecular weight is 173 g/mol. The minimum atomic E-state index is -0.221. The van der Waals surface area contributed by atoms with Gasteiger partial charge in [0.1, 0.15) is 0 Å². The van der Waals surface area contributed by atoms with E-state index in [1.165, 1.54) is 6.20 Å². The van der Waals surface area contributed by atoms with Gasteiger partial charge in [-0.05, 0) is 18.2 Å². The van der Waals surface area contributed by atoms with E-state index in [0.29, 0.717) is 11.3 Å². The molecule has 2 aromatic heterocycles. The van der Waals surface area contributed by atoms with Gasteiger partial charge >= 0.3 is 0 Å². The van der Waals surface area contributed by atoms with Crippen LogP contribution in [0.1, 0.15) is 0 Å². The van der Waals surface area contributed by atoms with Crippen molar-refractivity contribution in [2.45, 2.75) is 0 Å². The highest BCUT2D eigenvalue weighted by Crippen LogP contribution is 2.08. The molecule has 2 rings (SSSR count). The minimum Gasteiger partial charge on any atom is -0.267 e. The largest absolute Gasteiger partial charge is 0.273 e. The number of hydrogen-bond donors (Lipinski definition) is 1. The topological polar surface area (TPSA) is 58.6 Å². The van der Waals surface area contributed by atoms with Crippen LogP contribution in [0.4, 0.5) is 0 Å². The van der Waals surface area contributed by atoms with Crippen LogP contribution in [-0.4, -0.2) is 15.2 Å². The number of nitrogens with one attached hydrogen (secondary N) is 1. The molecule has 2 heterocycles. The lowest BCUT2D eigenvalue weighted by atomic mass is 10.2. The molecule has 0 atom stereocenters. The van der Waals surface area contributed by atoms with Gasteiger partial charge in [0.15, 0.2) is 0 Å². The molecule has 0 bridgehead atoms. The highest BCUT2D eigenvalue weighted by Gasteiger charge is 2.01. The molecule has 0 saturated heterocycles. The fourth-order valence-corrected chi connectivity index (χ4v) is 1.07. The summed E-state index contributed by atoms with van der Waals surface area (Å²) in [7, 11) is 0. The van der Waals surface area contributed by atoms with Gasteiger partial charge in [-0.3, -0.25) is 9.78 Å². The molecule has 0 spiro atoms. The molecule has 0 fully saturated rings. The van der Waals surface area contributed by atoms with Gasteiger partial charge in [-0.1, -0.05) is 6.07 Å². The molecule has 64 valence electrons. The summed E-state index contributed by atoms with van der Waals surface area (Å²) >= 11 is 0. The molecule has 0 aliphatic heterocycles. The molecule has 13 heavy (non-hydrogen) atoms. The van der Waals surface area contributed by atoms with E-state index in [9.17, 15) is 4.79 Å². The molecule has 2 aromatic rings. The number of hydrogen-bond acceptors (Lipinski definition) is 3. The number of aromatic amines is 1. The van der Waals surface area contributed by atoms with E-state index in [1.807, 2.05) is 6.07 Å². The van der Waals surface area contributed by atoms with Crippen molar-refractivity contribution in [2.75, 3.05) is 0 Å². The predicted octanol–water partition coefficient (Wildman–Crippen LogP) is 0.832. The summed E-state index contributed by atoms with van der Waals surface area (Å²) in [6.07, 6.45) is 3.18. The first kappa shape index (κ1) is 7.67. The van der Waals surface area contributed by atoms with Crippen LogP contribution in [-0.2, 0) is 0 Å². The van der Waals surface area contributed by atoms with Crippen LogP contribution < -0.4 is 5.56 Å². The highest BCUT2D eigenvalue weighted by molar-refractivity contribution is 5.56. The first-order valence-corrected chi connectivity index (χ1v) is 3.83. The van der Waals surface area contributed by atoms with Crippen LogP contribution in [0, 0.1) is 0 Å². The molecule has 0 amide bonds. The molecular formula is C9H7N3O. The van der Waals surface area contributed by atoms with Crippen molar-refractivity contribution in [2.24, 2.45) is 0 Å². The molecule has 0 aliphatic carbocycles. The quantitative estimate of drug-likeness (QED) is 0.694. The monoisotopic (exact) mass is 173 g/mol. The lowest BCUT2D eigenvalue weighted by Gasteiger charge is -1.96. The highest BCUT2D eigenvalue weighted by atomic mass is 16.1. The van der Waals surface area contributed by atoms with Gasteiger partial charge in [0.2, 0.25) is 0 Å². The zero-order valence-corrected chi connectivity index (χ0v) is 6.77. The van der Waals surface area contributed by atoms with E-state index in [1.54, 1.807) is 24.4 Å². The molecule has 4 heteroatoms. The maximum atomic E-state index is 11.3. The van der Waals surface area contributed by atoms with Crippen molar-refractivity contribution in [3.63, 3.8) is 0 Å². The van der Waals surface area contributed by atoms with E-state index < -0.39 is 0 Å². The number of aromatic nitrogens is 3. The Hall–Kier alpha value is -1.97. The maximum absolute atomic E-state index is 11.3. The smallest absolute Gasteiger partial charge is 0.267 e. The number of nitrogens with zero attached hydrogens (tertiary/aromatic N) is 2. The minimum absolute atomic E-state index is 0.221. The van der Waals surface area contributed by atoms with E-state index in [4.69, 9.17) is 0 Å². The maximum Gasteiger partial charge on any atom is 0.273 e. The first-order chi connectivity index (χ1) is 6.38. The number of rotatable bonds is 1. The Balaban J connectivity index is 2.60. The standard InChI is InChI=1S/C9H7N3O/c13-9-7(4-6-11-12-9)8-3-1-2-5-10-8/h1-6H,(H,12,13). The summed E-state index contributed by atoms with van der Waals surface area (Å²) in [5, 5.41) is 5.96. The van der Waals surface area contributed by atoms with Crippen molar-refractivity contribution in [3.05, 3.63) is 47.0 Å². The average Bonchev–Trinajstić information content (AvgIpc) is 2.20. The molecule has 1 N–H and O–H groups in total. The Morgan fingerprint density at radius 1 is 1.15 bits per heavy atom. The Morgan fingerprint density at radius 3 is 2.77 bits per heavy atom. The lowest BCUT2D eigenvalue weighted by Crippen LogP contribution is -2.09. The first-order valence-electron chi connectivity index (χ1n) is 3.83. The predicted molar refractivity (Wildman–Crippen MR) is 48.1 cm³/mol. The molecular weight excluding hydrogens is 166 g/mol. The molecule has 0 aliphatic rings. The van der Waals surface area contributed by atoms with Crippen LogP contribution in [0.3, 0.4) is 0 Å². The molecule has 4 nitrogen and oxygen atoms in total. The summed E-state index contributed by atoms with van der Waals surface area (Å²) in [6.45, 7) is 0. The van der Waals surface area contributed by atoms with Gasteiger partial charge in [-0.15, -0.1) is 0 Å². The van der Waals surface area contributed by atoms with E-state index >= 15 is 0 Å². The Labute approximate surface area is 74.3 Å². The molecule has 0 aromatic carbocycles. The SMILES string of the molecule is O=c1[nH]nccc1-c1ccccn1. The molecule has 0 unspecified atom stereocenters. The van der Waals surface area contributed by atoms with Crippen molar-refractivity contribution in [1.82, 2.24) is 15.2 Å². The normalized spacial score (nSPS) is 9.85. The second kappa shape index (κ2) is 3.18. The lowest BCUT2D eigenvalue weighted by molar-refractivity contribution is 0.989. The third-order valence-corrected chi connectivity index (χ3v) is 1.67. The molecule has 0 radical (unpaired) electrons. The van der Waals surface area contributed by atoms with Crippen molar-refractivity contribution in [1.29, 1.82) is 0 Å². The van der Waals surface area contributed by atoms with Crippen LogP contribution in [0.5, 0.6) is 0 Å². The van der Waals surface area contributed by atoms with Crippen molar-refractivity contribution in [3.8, 4) is 11.3 Å². The van der Waals surface area contributed by atoms with E-state index in [-0.39, 0.29) is 5.56 Å². The Bertz CT molecular complexity index is 450. The summed E-state index contributed by atoms with van der Waals surface area (Å²) < 4.78 is 0. The Kier molecular flexibility index (Phi) is 1.88. The summed E-state index contributed by atoms with van der Waals surface area (Å²) in [6, 6.07) is 7.06. The van der Waals surface area contributed by atoms with E-state index in [0.717, 1.165) is 0 Å². The van der Waals surface area contributed by atoms with Gasteiger partial charge in [-0.2, -0.15) is 5.10 Å². The van der Waals surface area contributed by atoms with Gasteiger partial charge in [0.25, 0.3) is 5.56 Å². The summed E-state index contributed by atoms with van der Waals surface area (Å²) in [4.78, 5) is 15.3. The summed E-state index contributed by atoms with van der Waals surface area (Å²) in [5.74, 6) is 0. The third-order valence-electron chi connectivity index (χ3n) is 1.67. The van der Waals surface area contributed by atoms with Crippen molar-refractivity contribution >= 4 is 0 Å². The van der Waals surface area contributed by atoms with Crippen LogP contribution >= 0.6 is 0 Å². The second-order valence-electron chi connectivity index (χ2n) is 2.51. The fraction of sp³-hybridized carbons (Fsp3) is 0. The van der Waals surface area contributed by atoms with Gasteiger partial charge < -0.3 is 0 Å². The Morgan fingerprint density at radius 2 is 2.08 bits per heavy atom. The fourth-order valence-electron chi connectivity index (χ4n) is 1.07. The number of pyridine rings is 1. The van der Waals surface area contributed by atoms with Gasteiger partial charge in [0.05, 0.1) is 11.3 Å². The second-order valence-corrected chi connectivity index (χ2v) is 2.51. The number of H-pyrrole nitrogens is 1.